The summed E-state index contributed by atoms with van der Waals surface area (Å²) in [5, 5.41) is 9.05. The second-order valence-electron chi connectivity index (χ2n) is 13.4. The molecule has 4 heteroatoms. The van der Waals surface area contributed by atoms with Crippen molar-refractivity contribution in [2.75, 3.05) is 0 Å². The minimum Gasteiger partial charge on any atom is -0.299 e. The van der Waals surface area contributed by atoms with Gasteiger partial charge in [0.15, 0.2) is 0 Å². The lowest BCUT2D eigenvalue weighted by Crippen LogP contribution is -1.99. The van der Waals surface area contributed by atoms with Crippen molar-refractivity contribution in [1.29, 1.82) is 0 Å². The van der Waals surface area contributed by atoms with E-state index in [2.05, 4.69) is 174 Å². The van der Waals surface area contributed by atoms with Crippen LogP contribution in [-0.4, -0.2) is 14.0 Å². The van der Waals surface area contributed by atoms with E-state index in [-0.39, 0.29) is 0 Å². The van der Waals surface area contributed by atoms with Crippen LogP contribution in [-0.2, 0) is 6.42 Å². The molecular formula is C47H31N3S. The van der Waals surface area contributed by atoms with Crippen molar-refractivity contribution in [3.05, 3.63) is 164 Å². The summed E-state index contributed by atoms with van der Waals surface area (Å²) >= 11 is 1.87. The zero-order valence-corrected chi connectivity index (χ0v) is 28.8. The summed E-state index contributed by atoms with van der Waals surface area (Å²) in [7, 11) is 0. The van der Waals surface area contributed by atoms with Gasteiger partial charge in [-0.2, -0.15) is 0 Å². The van der Waals surface area contributed by atoms with Crippen LogP contribution in [0.5, 0.6) is 0 Å². The first-order valence-electron chi connectivity index (χ1n) is 17.6. The van der Waals surface area contributed by atoms with Crippen LogP contribution in [0, 0.1) is 0 Å². The van der Waals surface area contributed by atoms with Crippen molar-refractivity contribution in [3.8, 4) is 27.9 Å². The quantitative estimate of drug-likeness (QED) is 0.171. The standard InChI is InChI=1S/C47H31N3S/c1-2-45-48-40-15-7-8-16-42(40)49(45)32-23-19-29(20-24-32)46-39-28-31(22-26-41(39)50-43-17-9-10-18-44(43)51-47(46)50)30-21-25-37-35-13-4-3-11-33(35)34-12-5-6-14-36(34)38(37)27-30/h3-28H,2H2,1H3. The number of para-hydroxylation sites is 3. The molecule has 3 heterocycles. The molecule has 0 saturated carbocycles. The summed E-state index contributed by atoms with van der Waals surface area (Å²) < 4.78 is 6.06. The third-order valence-electron chi connectivity index (χ3n) is 10.7. The Morgan fingerprint density at radius 1 is 0.490 bits per heavy atom. The molecule has 3 nitrogen and oxygen atoms in total. The van der Waals surface area contributed by atoms with Gasteiger partial charge in [0.2, 0.25) is 0 Å². The number of hydrogen-bond acceptors (Lipinski definition) is 2. The van der Waals surface area contributed by atoms with Gasteiger partial charge in [-0.25, -0.2) is 4.98 Å². The molecule has 0 aliphatic rings. The summed E-state index contributed by atoms with van der Waals surface area (Å²) in [6, 6.07) is 58.0. The number of imidazole rings is 1. The highest BCUT2D eigenvalue weighted by molar-refractivity contribution is 7.24. The fourth-order valence-corrected chi connectivity index (χ4v) is 9.60. The molecule has 0 aliphatic carbocycles. The first kappa shape index (κ1) is 28.6. The third-order valence-corrected chi connectivity index (χ3v) is 11.8. The fraction of sp³-hybridized carbons (Fsp3) is 0.0426. The maximum absolute atomic E-state index is 4.94. The first-order valence-corrected chi connectivity index (χ1v) is 18.4. The Kier molecular flexibility index (Phi) is 6.10. The molecule has 0 fully saturated rings. The van der Waals surface area contributed by atoms with E-state index < -0.39 is 0 Å². The zero-order chi connectivity index (χ0) is 33.6. The van der Waals surface area contributed by atoms with Gasteiger partial charge in [0.1, 0.15) is 10.7 Å². The first-order chi connectivity index (χ1) is 25.2. The second kappa shape index (κ2) is 10.9. The lowest BCUT2D eigenvalue weighted by molar-refractivity contribution is 0.908. The minimum absolute atomic E-state index is 0.868. The van der Waals surface area contributed by atoms with Crippen molar-refractivity contribution in [3.63, 3.8) is 0 Å². The van der Waals surface area contributed by atoms with Crippen molar-refractivity contribution in [2.45, 2.75) is 13.3 Å². The van der Waals surface area contributed by atoms with Gasteiger partial charge in [0, 0.05) is 23.1 Å². The Bertz CT molecular complexity index is 3140. The highest BCUT2D eigenvalue weighted by atomic mass is 32.1. The average Bonchev–Trinajstić information content (AvgIpc) is 3.86. The summed E-state index contributed by atoms with van der Waals surface area (Å²) in [5.74, 6) is 1.07. The van der Waals surface area contributed by atoms with E-state index in [1.165, 1.54) is 80.5 Å². The average molecular weight is 670 g/mol. The molecule has 0 radical (unpaired) electrons. The fourth-order valence-electron chi connectivity index (χ4n) is 8.36. The number of fused-ring (bicyclic) bond motifs is 12. The van der Waals surface area contributed by atoms with E-state index >= 15 is 0 Å². The molecule has 8 aromatic carbocycles. The van der Waals surface area contributed by atoms with Crippen LogP contribution in [0.25, 0.3) is 97.2 Å². The highest BCUT2D eigenvalue weighted by Crippen LogP contribution is 2.44. The SMILES string of the molecule is CCc1nc2ccccc2n1-c1ccc(-c2c3cc(-c4ccc5c6ccccc6c6ccccc6c5c4)ccc3n3c2sc2ccccc23)cc1. The Balaban J connectivity index is 1.13. The van der Waals surface area contributed by atoms with E-state index in [4.69, 9.17) is 4.98 Å². The number of aromatic nitrogens is 3. The smallest absolute Gasteiger partial charge is 0.114 e. The van der Waals surface area contributed by atoms with Crippen LogP contribution in [0.3, 0.4) is 0 Å². The predicted octanol–water partition coefficient (Wildman–Crippen LogP) is 13.0. The predicted molar refractivity (Wildman–Crippen MR) is 218 cm³/mol. The molecule has 11 aromatic rings. The molecule has 0 aliphatic heterocycles. The number of rotatable bonds is 4. The molecule has 11 rings (SSSR count). The van der Waals surface area contributed by atoms with Gasteiger partial charge in [0.05, 0.1) is 26.8 Å². The summed E-state index contributed by atoms with van der Waals surface area (Å²) in [4.78, 5) is 6.21. The van der Waals surface area contributed by atoms with Crippen LogP contribution in [0.4, 0.5) is 0 Å². The Hall–Kier alpha value is -6.23. The molecular weight excluding hydrogens is 639 g/mol. The number of benzene rings is 8. The lowest BCUT2D eigenvalue weighted by atomic mass is 9.91. The van der Waals surface area contributed by atoms with Crippen molar-refractivity contribution in [1.82, 2.24) is 14.0 Å². The molecule has 0 spiro atoms. The van der Waals surface area contributed by atoms with Crippen LogP contribution in [0.1, 0.15) is 12.7 Å². The summed E-state index contributed by atoms with van der Waals surface area (Å²) in [6.07, 6.45) is 0.868. The maximum atomic E-state index is 4.94. The minimum atomic E-state index is 0.868. The molecule has 0 N–H and O–H groups in total. The lowest BCUT2D eigenvalue weighted by Gasteiger charge is -2.12. The molecule has 0 unspecified atom stereocenters. The van der Waals surface area contributed by atoms with Crippen LogP contribution < -0.4 is 0 Å². The van der Waals surface area contributed by atoms with E-state index in [0.29, 0.717) is 0 Å². The molecule has 0 amide bonds. The Morgan fingerprint density at radius 3 is 1.78 bits per heavy atom. The van der Waals surface area contributed by atoms with Crippen molar-refractivity contribution >= 4 is 80.6 Å². The third kappa shape index (κ3) is 4.14. The van der Waals surface area contributed by atoms with E-state index in [9.17, 15) is 0 Å². The van der Waals surface area contributed by atoms with Gasteiger partial charge >= 0.3 is 0 Å². The number of nitrogens with zero attached hydrogens (tertiary/aromatic N) is 3. The van der Waals surface area contributed by atoms with Crippen molar-refractivity contribution in [2.24, 2.45) is 0 Å². The largest absolute Gasteiger partial charge is 0.299 e. The van der Waals surface area contributed by atoms with Gasteiger partial charge in [-0.15, -0.1) is 11.3 Å². The molecule has 0 bridgehead atoms. The number of thiazole rings is 1. The molecule has 3 aromatic heterocycles. The number of hydrogen-bond donors (Lipinski definition) is 0. The molecule has 240 valence electrons. The molecule has 51 heavy (non-hydrogen) atoms. The van der Waals surface area contributed by atoms with E-state index in [0.717, 1.165) is 29.0 Å². The second-order valence-corrected chi connectivity index (χ2v) is 14.5. The summed E-state index contributed by atoms with van der Waals surface area (Å²) in [6.45, 7) is 2.18. The number of aryl methyl sites for hydroxylation is 1. The Morgan fingerprint density at radius 2 is 1.06 bits per heavy atom. The van der Waals surface area contributed by atoms with Crippen LogP contribution in [0.15, 0.2) is 158 Å². The van der Waals surface area contributed by atoms with E-state index in [1.807, 2.05) is 11.3 Å². The Labute approximate surface area is 298 Å². The van der Waals surface area contributed by atoms with Gasteiger partial charge in [-0.05, 0) is 104 Å². The van der Waals surface area contributed by atoms with Gasteiger partial charge in [-0.3, -0.25) is 8.97 Å². The van der Waals surface area contributed by atoms with Crippen LogP contribution >= 0.6 is 11.3 Å². The van der Waals surface area contributed by atoms with Gasteiger partial charge < -0.3 is 0 Å². The zero-order valence-electron chi connectivity index (χ0n) is 28.0. The maximum Gasteiger partial charge on any atom is 0.114 e. The molecule has 0 atom stereocenters. The van der Waals surface area contributed by atoms with E-state index in [1.54, 1.807) is 0 Å². The van der Waals surface area contributed by atoms with Gasteiger partial charge in [-0.1, -0.05) is 110 Å². The molecule has 0 saturated heterocycles. The van der Waals surface area contributed by atoms with Crippen molar-refractivity contribution < 1.29 is 0 Å². The highest BCUT2D eigenvalue weighted by Gasteiger charge is 2.20. The topological polar surface area (TPSA) is 22.2 Å². The monoisotopic (exact) mass is 669 g/mol. The summed E-state index contributed by atoms with van der Waals surface area (Å²) in [5.41, 5.74) is 10.7. The normalized spacial score (nSPS) is 12.1. The van der Waals surface area contributed by atoms with Gasteiger partial charge in [0.25, 0.3) is 0 Å². The van der Waals surface area contributed by atoms with Crippen LogP contribution in [0.2, 0.25) is 0 Å².